The summed E-state index contributed by atoms with van der Waals surface area (Å²) in [6.07, 6.45) is 5.24. The molecule has 5 nitrogen and oxygen atoms in total. The van der Waals surface area contributed by atoms with Crippen LogP contribution in [0.2, 0.25) is 0 Å². The Labute approximate surface area is 160 Å². The van der Waals surface area contributed by atoms with E-state index in [1.807, 2.05) is 37.3 Å². The van der Waals surface area contributed by atoms with E-state index in [4.69, 9.17) is 0 Å². The monoisotopic (exact) mass is 357 g/mol. The van der Waals surface area contributed by atoms with Crippen LogP contribution in [0.4, 0.5) is 5.82 Å². The van der Waals surface area contributed by atoms with Crippen LogP contribution in [-0.4, -0.2) is 46.6 Å². The number of fused-ring (bicyclic) bond motifs is 1. The first-order valence-electron chi connectivity index (χ1n) is 9.55. The van der Waals surface area contributed by atoms with E-state index in [2.05, 4.69) is 37.7 Å². The quantitative estimate of drug-likeness (QED) is 0.735. The van der Waals surface area contributed by atoms with Gasteiger partial charge in [-0.2, -0.15) is 5.26 Å². The van der Waals surface area contributed by atoms with Crippen LogP contribution in [-0.2, 0) is 0 Å². The minimum absolute atomic E-state index is 0.285. The van der Waals surface area contributed by atoms with Crippen molar-refractivity contribution in [2.45, 2.75) is 38.3 Å². The molecule has 2 unspecified atom stereocenters. The van der Waals surface area contributed by atoms with E-state index in [9.17, 15) is 5.26 Å². The standard InChI is InChI=1S/C22H23N5/c1-17-5-2-7-19(25-17)10-11-20-8-3-9-21-16-26(13-14-27(20)21)22-18(15-23)6-4-12-24-22/h2,4-7,12,20-21H,3,8-9,13-14,16H2,1H3. The lowest BCUT2D eigenvalue weighted by Gasteiger charge is -2.47. The third-order valence-corrected chi connectivity index (χ3v) is 5.41. The fraction of sp³-hybridized carbons (Fsp3) is 0.409. The van der Waals surface area contributed by atoms with Crippen molar-refractivity contribution < 1.29 is 0 Å². The van der Waals surface area contributed by atoms with E-state index in [0.717, 1.165) is 43.3 Å². The summed E-state index contributed by atoms with van der Waals surface area (Å²) < 4.78 is 0. The number of piperazine rings is 1. The number of anilines is 1. The lowest BCUT2D eigenvalue weighted by atomic mass is 9.93. The molecule has 136 valence electrons. The zero-order chi connectivity index (χ0) is 18.6. The van der Waals surface area contributed by atoms with Gasteiger partial charge in [-0.1, -0.05) is 12.0 Å². The van der Waals surface area contributed by atoms with Gasteiger partial charge in [0.05, 0.1) is 11.6 Å². The van der Waals surface area contributed by atoms with Gasteiger partial charge in [0.25, 0.3) is 0 Å². The van der Waals surface area contributed by atoms with Gasteiger partial charge in [-0.25, -0.2) is 9.97 Å². The van der Waals surface area contributed by atoms with Crippen molar-refractivity contribution in [3.63, 3.8) is 0 Å². The van der Waals surface area contributed by atoms with E-state index < -0.39 is 0 Å². The second-order valence-corrected chi connectivity index (χ2v) is 7.20. The summed E-state index contributed by atoms with van der Waals surface area (Å²) in [7, 11) is 0. The Balaban J connectivity index is 1.49. The predicted octanol–water partition coefficient (Wildman–Crippen LogP) is 2.75. The molecule has 0 saturated carbocycles. The number of aryl methyl sites for hydroxylation is 1. The van der Waals surface area contributed by atoms with Crippen molar-refractivity contribution in [1.82, 2.24) is 14.9 Å². The highest BCUT2D eigenvalue weighted by Crippen LogP contribution is 2.28. The van der Waals surface area contributed by atoms with Crippen molar-refractivity contribution in [3.8, 4) is 17.9 Å². The Kier molecular flexibility index (Phi) is 5.05. The first kappa shape index (κ1) is 17.5. The number of pyridine rings is 2. The molecule has 0 aliphatic carbocycles. The Hall–Kier alpha value is -2.89. The number of nitriles is 1. The van der Waals surface area contributed by atoms with Gasteiger partial charge >= 0.3 is 0 Å². The molecule has 4 heterocycles. The van der Waals surface area contributed by atoms with Crippen LogP contribution in [0, 0.1) is 30.1 Å². The molecule has 0 spiro atoms. The van der Waals surface area contributed by atoms with Gasteiger partial charge in [0, 0.05) is 37.6 Å². The Morgan fingerprint density at radius 3 is 2.93 bits per heavy atom. The summed E-state index contributed by atoms with van der Waals surface area (Å²) in [5, 5.41) is 9.37. The van der Waals surface area contributed by atoms with Crippen molar-refractivity contribution in [2.75, 3.05) is 24.5 Å². The van der Waals surface area contributed by atoms with Crippen molar-refractivity contribution in [3.05, 3.63) is 53.5 Å². The highest BCUT2D eigenvalue weighted by atomic mass is 15.3. The molecule has 0 N–H and O–H groups in total. The molecule has 0 amide bonds. The molecule has 2 fully saturated rings. The SMILES string of the molecule is Cc1cccc(C#CC2CCCC3CN(c4ncccc4C#N)CCN23)n1. The van der Waals surface area contributed by atoms with Gasteiger partial charge in [0.15, 0.2) is 0 Å². The third-order valence-electron chi connectivity index (χ3n) is 5.41. The first-order chi connectivity index (χ1) is 13.2. The molecule has 4 rings (SSSR count). The van der Waals surface area contributed by atoms with Gasteiger partial charge in [-0.15, -0.1) is 0 Å². The van der Waals surface area contributed by atoms with Crippen LogP contribution in [0.3, 0.4) is 0 Å². The summed E-state index contributed by atoms with van der Waals surface area (Å²) in [6.45, 7) is 4.73. The lowest BCUT2D eigenvalue weighted by Crippen LogP contribution is -2.58. The number of rotatable bonds is 1. The molecule has 2 aliphatic heterocycles. The maximum Gasteiger partial charge on any atom is 0.146 e. The molecule has 0 bridgehead atoms. The van der Waals surface area contributed by atoms with Crippen molar-refractivity contribution in [1.29, 1.82) is 5.26 Å². The first-order valence-corrected chi connectivity index (χ1v) is 9.55. The number of hydrogen-bond acceptors (Lipinski definition) is 5. The van der Waals surface area contributed by atoms with Crippen molar-refractivity contribution >= 4 is 5.82 Å². The maximum atomic E-state index is 9.37. The normalized spacial score (nSPS) is 22.3. The van der Waals surface area contributed by atoms with E-state index >= 15 is 0 Å². The molecular weight excluding hydrogens is 334 g/mol. The van der Waals surface area contributed by atoms with E-state index in [0.29, 0.717) is 11.6 Å². The predicted molar refractivity (Wildman–Crippen MR) is 105 cm³/mol. The molecule has 27 heavy (non-hydrogen) atoms. The van der Waals surface area contributed by atoms with Crippen LogP contribution < -0.4 is 4.90 Å². The second kappa shape index (κ2) is 7.78. The molecule has 5 heteroatoms. The van der Waals surface area contributed by atoms with Crippen LogP contribution in [0.25, 0.3) is 0 Å². The minimum Gasteiger partial charge on any atom is -0.353 e. The second-order valence-electron chi connectivity index (χ2n) is 7.20. The average Bonchev–Trinajstić information content (AvgIpc) is 2.71. The fourth-order valence-corrected chi connectivity index (χ4v) is 4.10. The fourth-order valence-electron chi connectivity index (χ4n) is 4.10. The van der Waals surface area contributed by atoms with Crippen LogP contribution in [0.1, 0.15) is 36.2 Å². The maximum absolute atomic E-state index is 9.37. The van der Waals surface area contributed by atoms with Gasteiger partial charge in [-0.05, 0) is 56.4 Å². The summed E-state index contributed by atoms with van der Waals surface area (Å²) >= 11 is 0. The minimum atomic E-state index is 0.285. The molecule has 0 radical (unpaired) electrons. The summed E-state index contributed by atoms with van der Waals surface area (Å²) in [4.78, 5) is 13.8. The van der Waals surface area contributed by atoms with Crippen LogP contribution in [0.5, 0.6) is 0 Å². The van der Waals surface area contributed by atoms with E-state index in [-0.39, 0.29) is 6.04 Å². The lowest BCUT2D eigenvalue weighted by molar-refractivity contribution is 0.100. The zero-order valence-corrected chi connectivity index (χ0v) is 15.6. The van der Waals surface area contributed by atoms with Gasteiger partial charge in [0.1, 0.15) is 17.6 Å². The van der Waals surface area contributed by atoms with Gasteiger partial charge in [0.2, 0.25) is 0 Å². The molecule has 2 aromatic rings. The molecule has 2 aliphatic rings. The number of nitrogens with zero attached hydrogens (tertiary/aromatic N) is 5. The summed E-state index contributed by atoms with van der Waals surface area (Å²) in [6, 6.07) is 12.7. The number of hydrogen-bond donors (Lipinski definition) is 0. The van der Waals surface area contributed by atoms with E-state index in [1.165, 1.54) is 12.8 Å². The Morgan fingerprint density at radius 2 is 2.07 bits per heavy atom. The molecular formula is C22H23N5. The van der Waals surface area contributed by atoms with Gasteiger partial charge < -0.3 is 4.90 Å². The number of aromatic nitrogens is 2. The van der Waals surface area contributed by atoms with Crippen molar-refractivity contribution in [2.24, 2.45) is 0 Å². The summed E-state index contributed by atoms with van der Waals surface area (Å²) in [5.41, 5.74) is 2.51. The smallest absolute Gasteiger partial charge is 0.146 e. The highest BCUT2D eigenvalue weighted by molar-refractivity contribution is 5.54. The zero-order valence-electron chi connectivity index (χ0n) is 15.6. The molecule has 2 saturated heterocycles. The highest BCUT2D eigenvalue weighted by Gasteiger charge is 2.35. The molecule has 2 aromatic heterocycles. The average molecular weight is 357 g/mol. The largest absolute Gasteiger partial charge is 0.353 e. The Morgan fingerprint density at radius 1 is 1.15 bits per heavy atom. The molecule has 0 aromatic carbocycles. The van der Waals surface area contributed by atoms with Crippen LogP contribution >= 0.6 is 0 Å². The summed E-state index contributed by atoms with van der Waals surface area (Å²) in [5.74, 6) is 7.56. The van der Waals surface area contributed by atoms with E-state index in [1.54, 1.807) is 6.20 Å². The molecule has 2 atom stereocenters. The van der Waals surface area contributed by atoms with Crippen LogP contribution in [0.15, 0.2) is 36.5 Å². The third kappa shape index (κ3) is 3.79. The topological polar surface area (TPSA) is 56.1 Å². The van der Waals surface area contributed by atoms with Gasteiger partial charge in [-0.3, -0.25) is 4.90 Å². The Bertz CT molecular complexity index is 920. The number of piperidine rings is 1.